The van der Waals surface area contributed by atoms with Crippen LogP contribution in [0.3, 0.4) is 0 Å². The number of nitrogens with zero attached hydrogens (tertiary/aromatic N) is 3. The van der Waals surface area contributed by atoms with Gasteiger partial charge in [-0.25, -0.2) is 0 Å². The van der Waals surface area contributed by atoms with Crippen LogP contribution in [0.5, 0.6) is 11.5 Å². The number of aromatic nitrogens is 3. The van der Waals surface area contributed by atoms with Crippen molar-refractivity contribution in [2.24, 2.45) is 0 Å². The monoisotopic (exact) mass is 488 g/mol. The standard InChI is InChI=1S/C27H28N4O3S/c1-17-10-9-11-18(2)24(17)28-26(32)19(3)35-27-30-29-25(31(27)21-12-7-6-8-13-21)20-14-15-22(33-4)23(16-20)34-5/h6-16,19H,1-5H3,(H,28,32)/t19-/m1/s1. The van der Waals surface area contributed by atoms with E-state index in [1.54, 1.807) is 14.2 Å². The number of amides is 1. The predicted octanol–water partition coefficient (Wildman–Crippen LogP) is 5.69. The van der Waals surface area contributed by atoms with Gasteiger partial charge in [0.05, 0.1) is 19.5 Å². The zero-order chi connectivity index (χ0) is 24.9. The molecule has 8 heteroatoms. The smallest absolute Gasteiger partial charge is 0.237 e. The third-order valence-corrected chi connectivity index (χ3v) is 6.71. The van der Waals surface area contributed by atoms with Gasteiger partial charge in [0, 0.05) is 16.9 Å². The number of rotatable bonds is 8. The Balaban J connectivity index is 1.68. The molecule has 0 bridgehead atoms. The highest BCUT2D eigenvalue weighted by Gasteiger charge is 2.23. The van der Waals surface area contributed by atoms with Crippen LogP contribution in [-0.4, -0.2) is 40.1 Å². The average Bonchev–Trinajstić information content (AvgIpc) is 3.29. The third-order valence-electron chi connectivity index (χ3n) is 5.67. The molecule has 0 aliphatic heterocycles. The van der Waals surface area contributed by atoms with Crippen molar-refractivity contribution in [2.75, 3.05) is 19.5 Å². The summed E-state index contributed by atoms with van der Waals surface area (Å²) in [5.74, 6) is 1.78. The summed E-state index contributed by atoms with van der Waals surface area (Å²) >= 11 is 1.36. The average molecular weight is 489 g/mol. The van der Waals surface area contributed by atoms with E-state index in [1.807, 2.05) is 92.1 Å². The van der Waals surface area contributed by atoms with Crippen molar-refractivity contribution in [3.8, 4) is 28.6 Å². The maximum atomic E-state index is 13.1. The molecule has 1 heterocycles. The van der Waals surface area contributed by atoms with Gasteiger partial charge in [0.15, 0.2) is 22.5 Å². The summed E-state index contributed by atoms with van der Waals surface area (Å²) in [5.41, 5.74) is 4.61. The number of ether oxygens (including phenoxy) is 2. The van der Waals surface area contributed by atoms with Crippen LogP contribution < -0.4 is 14.8 Å². The van der Waals surface area contributed by atoms with Crippen LogP contribution in [0.25, 0.3) is 17.1 Å². The first-order valence-electron chi connectivity index (χ1n) is 11.2. The van der Waals surface area contributed by atoms with Crippen molar-refractivity contribution >= 4 is 23.4 Å². The molecule has 3 aromatic carbocycles. The topological polar surface area (TPSA) is 78.3 Å². The maximum absolute atomic E-state index is 13.1. The fraction of sp³-hybridized carbons (Fsp3) is 0.222. The summed E-state index contributed by atoms with van der Waals surface area (Å²) in [6, 6.07) is 21.4. The van der Waals surface area contributed by atoms with Crippen LogP contribution in [0, 0.1) is 13.8 Å². The normalized spacial score (nSPS) is 11.7. The maximum Gasteiger partial charge on any atom is 0.237 e. The molecular formula is C27H28N4O3S. The molecule has 4 rings (SSSR count). The minimum absolute atomic E-state index is 0.0947. The van der Waals surface area contributed by atoms with Gasteiger partial charge in [-0.05, 0) is 62.2 Å². The van der Waals surface area contributed by atoms with Gasteiger partial charge < -0.3 is 14.8 Å². The largest absolute Gasteiger partial charge is 0.493 e. The van der Waals surface area contributed by atoms with Crippen molar-refractivity contribution in [1.29, 1.82) is 0 Å². The Morgan fingerprint density at radius 1 is 0.914 bits per heavy atom. The number of thioether (sulfide) groups is 1. The molecule has 0 aliphatic rings. The first kappa shape index (κ1) is 24.3. The Bertz CT molecular complexity index is 1320. The Hall–Kier alpha value is -3.78. The van der Waals surface area contributed by atoms with Gasteiger partial charge in [0.1, 0.15) is 0 Å². The van der Waals surface area contributed by atoms with E-state index in [1.165, 1.54) is 11.8 Å². The number of aryl methyl sites for hydroxylation is 2. The highest BCUT2D eigenvalue weighted by molar-refractivity contribution is 8.00. The molecule has 0 spiro atoms. The number of hydrogen-bond acceptors (Lipinski definition) is 6. The quantitative estimate of drug-likeness (QED) is 0.321. The van der Waals surface area contributed by atoms with Gasteiger partial charge in [-0.1, -0.05) is 48.2 Å². The van der Waals surface area contributed by atoms with Gasteiger partial charge in [-0.2, -0.15) is 0 Å². The summed E-state index contributed by atoms with van der Waals surface area (Å²) in [4.78, 5) is 13.1. The molecule has 1 N–H and O–H groups in total. The Morgan fingerprint density at radius 3 is 2.26 bits per heavy atom. The number of anilines is 1. The number of hydrogen-bond donors (Lipinski definition) is 1. The highest BCUT2D eigenvalue weighted by Crippen LogP contribution is 2.35. The summed E-state index contributed by atoms with van der Waals surface area (Å²) in [6.07, 6.45) is 0. The minimum atomic E-state index is -0.404. The number of carbonyl (C=O) groups is 1. The first-order valence-corrected chi connectivity index (χ1v) is 12.1. The van der Waals surface area contributed by atoms with E-state index in [2.05, 4.69) is 15.5 Å². The second-order valence-electron chi connectivity index (χ2n) is 8.06. The Labute approximate surface area is 209 Å². The molecule has 0 fully saturated rings. The second kappa shape index (κ2) is 10.7. The summed E-state index contributed by atoms with van der Waals surface area (Å²) < 4.78 is 12.8. The van der Waals surface area contributed by atoms with Crippen molar-refractivity contribution in [3.05, 3.63) is 77.9 Å². The van der Waals surface area contributed by atoms with Gasteiger partial charge in [-0.15, -0.1) is 10.2 Å². The van der Waals surface area contributed by atoms with Gasteiger partial charge in [-0.3, -0.25) is 9.36 Å². The number of carbonyl (C=O) groups excluding carboxylic acids is 1. The van der Waals surface area contributed by atoms with Crippen LogP contribution in [-0.2, 0) is 4.79 Å². The Kier molecular flexibility index (Phi) is 7.41. The summed E-state index contributed by atoms with van der Waals surface area (Å²) in [5, 5.41) is 12.2. The minimum Gasteiger partial charge on any atom is -0.493 e. The van der Waals surface area contributed by atoms with E-state index in [0.29, 0.717) is 22.5 Å². The van der Waals surface area contributed by atoms with Crippen molar-refractivity contribution in [1.82, 2.24) is 14.8 Å². The molecule has 1 aromatic heterocycles. The molecule has 35 heavy (non-hydrogen) atoms. The number of para-hydroxylation sites is 2. The third kappa shape index (κ3) is 5.17. The van der Waals surface area contributed by atoms with Crippen LogP contribution in [0.2, 0.25) is 0 Å². The van der Waals surface area contributed by atoms with E-state index in [4.69, 9.17) is 9.47 Å². The van der Waals surface area contributed by atoms with Gasteiger partial charge in [0.2, 0.25) is 5.91 Å². The van der Waals surface area contributed by atoms with E-state index in [0.717, 1.165) is 28.1 Å². The fourth-order valence-corrected chi connectivity index (χ4v) is 4.63. The molecular weight excluding hydrogens is 460 g/mol. The summed E-state index contributed by atoms with van der Waals surface area (Å²) in [7, 11) is 3.20. The van der Waals surface area contributed by atoms with Gasteiger partial charge in [0.25, 0.3) is 0 Å². The molecule has 4 aromatic rings. The lowest BCUT2D eigenvalue weighted by atomic mass is 10.1. The molecule has 180 valence electrons. The van der Waals surface area contributed by atoms with Crippen molar-refractivity contribution in [2.45, 2.75) is 31.2 Å². The second-order valence-corrected chi connectivity index (χ2v) is 9.37. The number of benzene rings is 3. The predicted molar refractivity (Wildman–Crippen MR) is 140 cm³/mol. The van der Waals surface area contributed by atoms with Crippen LogP contribution >= 0.6 is 11.8 Å². The first-order chi connectivity index (χ1) is 16.9. The lowest BCUT2D eigenvalue weighted by Crippen LogP contribution is -2.23. The molecule has 0 saturated carbocycles. The fourth-order valence-electron chi connectivity index (χ4n) is 3.77. The SMILES string of the molecule is COc1ccc(-c2nnc(S[C@H](C)C(=O)Nc3c(C)cccc3C)n2-c2ccccc2)cc1OC. The molecule has 0 aliphatic carbocycles. The van der Waals surface area contributed by atoms with E-state index < -0.39 is 5.25 Å². The lowest BCUT2D eigenvalue weighted by Gasteiger charge is -2.16. The van der Waals surface area contributed by atoms with Crippen LogP contribution in [0.4, 0.5) is 5.69 Å². The zero-order valence-electron chi connectivity index (χ0n) is 20.4. The number of nitrogens with one attached hydrogen (secondary N) is 1. The van der Waals surface area contributed by atoms with E-state index in [-0.39, 0.29) is 5.91 Å². The molecule has 0 unspecified atom stereocenters. The van der Waals surface area contributed by atoms with E-state index >= 15 is 0 Å². The van der Waals surface area contributed by atoms with Crippen LogP contribution in [0.1, 0.15) is 18.1 Å². The van der Waals surface area contributed by atoms with Crippen LogP contribution in [0.15, 0.2) is 71.9 Å². The molecule has 1 atom stereocenters. The van der Waals surface area contributed by atoms with Gasteiger partial charge >= 0.3 is 0 Å². The molecule has 0 saturated heterocycles. The highest BCUT2D eigenvalue weighted by atomic mass is 32.2. The molecule has 0 radical (unpaired) electrons. The summed E-state index contributed by atoms with van der Waals surface area (Å²) in [6.45, 7) is 5.84. The van der Waals surface area contributed by atoms with E-state index in [9.17, 15) is 4.79 Å². The zero-order valence-corrected chi connectivity index (χ0v) is 21.2. The lowest BCUT2D eigenvalue weighted by molar-refractivity contribution is -0.115. The molecule has 1 amide bonds. The van der Waals surface area contributed by atoms with Crippen molar-refractivity contribution in [3.63, 3.8) is 0 Å². The Morgan fingerprint density at radius 2 is 1.60 bits per heavy atom. The molecule has 7 nitrogen and oxygen atoms in total. The number of methoxy groups -OCH3 is 2. The van der Waals surface area contributed by atoms with Crippen molar-refractivity contribution < 1.29 is 14.3 Å².